The van der Waals surface area contributed by atoms with Crippen molar-refractivity contribution in [1.82, 2.24) is 10.2 Å². The van der Waals surface area contributed by atoms with Gasteiger partial charge in [-0.05, 0) is 24.5 Å². The molecular formula is C26H32N2O12. The smallest absolute Gasteiger partial charge is 0.335 e. The first-order chi connectivity index (χ1) is 18.9. The fourth-order valence-corrected chi connectivity index (χ4v) is 3.88. The van der Waals surface area contributed by atoms with Gasteiger partial charge < -0.3 is 40.0 Å². The standard InChI is InChI=1S/C26H32N2O12/c1-13(2)25(37)38-12-15-6-5-14(4-3-9-27-17(29)11-28-18(30)7-8-19(28)31)10-16(15)39-26-22(34)20(32)21(33)23(40-26)24(35)36/h5-8,10,13,20-23,26,32-34H,3-4,9,11-12H2,1-2H3,(H,27,29)(H,35,36)/t20-,21-,22+,23-,26?/m0/s1. The van der Waals surface area contributed by atoms with Crippen molar-refractivity contribution in [2.24, 2.45) is 5.92 Å². The van der Waals surface area contributed by atoms with Crippen LogP contribution in [0.2, 0.25) is 0 Å². The second kappa shape index (κ2) is 13.5. The van der Waals surface area contributed by atoms with Crippen molar-refractivity contribution >= 4 is 29.7 Å². The van der Waals surface area contributed by atoms with Crippen molar-refractivity contribution < 1.29 is 58.6 Å². The molecule has 1 fully saturated rings. The number of aryl methyl sites for hydroxylation is 1. The highest BCUT2D eigenvalue weighted by Gasteiger charge is 2.48. The number of esters is 1. The second-order valence-corrected chi connectivity index (χ2v) is 9.61. The molecule has 14 nitrogen and oxygen atoms in total. The van der Waals surface area contributed by atoms with Gasteiger partial charge in [-0.15, -0.1) is 0 Å². The highest BCUT2D eigenvalue weighted by molar-refractivity contribution is 6.14. The van der Waals surface area contributed by atoms with Crippen LogP contribution >= 0.6 is 0 Å². The number of hydrogen-bond acceptors (Lipinski definition) is 11. The van der Waals surface area contributed by atoms with Gasteiger partial charge in [-0.2, -0.15) is 0 Å². The number of nitrogens with one attached hydrogen (secondary N) is 1. The molecule has 0 aliphatic carbocycles. The van der Waals surface area contributed by atoms with Crippen molar-refractivity contribution in [1.29, 1.82) is 0 Å². The van der Waals surface area contributed by atoms with E-state index in [0.717, 1.165) is 17.1 Å². The molecule has 0 spiro atoms. The minimum Gasteiger partial charge on any atom is -0.479 e. The average Bonchev–Trinajstić information content (AvgIpc) is 3.22. The van der Waals surface area contributed by atoms with Gasteiger partial charge in [-0.3, -0.25) is 24.1 Å². The van der Waals surface area contributed by atoms with Crippen LogP contribution in [0.4, 0.5) is 0 Å². The fourth-order valence-electron chi connectivity index (χ4n) is 3.88. The first-order valence-corrected chi connectivity index (χ1v) is 12.6. The third kappa shape index (κ3) is 7.63. The molecular weight excluding hydrogens is 532 g/mol. The molecule has 0 radical (unpaired) electrons. The van der Waals surface area contributed by atoms with Gasteiger partial charge in [0.25, 0.3) is 11.8 Å². The van der Waals surface area contributed by atoms with Crippen molar-refractivity contribution in [3.8, 4) is 5.75 Å². The molecule has 3 rings (SSSR count). The van der Waals surface area contributed by atoms with Gasteiger partial charge in [-0.1, -0.05) is 26.0 Å². The van der Waals surface area contributed by atoms with E-state index in [-0.39, 0.29) is 18.9 Å². The molecule has 2 heterocycles. The van der Waals surface area contributed by atoms with E-state index in [1.165, 1.54) is 0 Å². The van der Waals surface area contributed by atoms with Crippen molar-refractivity contribution in [2.45, 2.75) is 64.0 Å². The molecule has 1 saturated heterocycles. The third-order valence-corrected chi connectivity index (χ3v) is 6.20. The molecule has 1 aromatic carbocycles. The monoisotopic (exact) mass is 564 g/mol. The predicted octanol–water partition coefficient (Wildman–Crippen LogP) is -1.37. The molecule has 0 saturated carbocycles. The van der Waals surface area contributed by atoms with E-state index in [4.69, 9.17) is 14.2 Å². The molecule has 1 unspecified atom stereocenters. The van der Waals surface area contributed by atoms with E-state index in [1.807, 2.05) is 0 Å². The Labute approximate surface area is 229 Å². The number of ether oxygens (including phenoxy) is 3. The zero-order chi connectivity index (χ0) is 29.6. The van der Waals surface area contributed by atoms with Gasteiger partial charge in [0.05, 0.1) is 5.92 Å². The lowest BCUT2D eigenvalue weighted by Gasteiger charge is -2.38. The summed E-state index contributed by atoms with van der Waals surface area (Å²) in [5.41, 5.74) is 1.06. The molecule has 2 aliphatic rings. The molecule has 5 atom stereocenters. The van der Waals surface area contributed by atoms with Crippen molar-refractivity contribution in [2.75, 3.05) is 13.1 Å². The maximum atomic E-state index is 12.1. The van der Waals surface area contributed by atoms with Gasteiger partial charge >= 0.3 is 11.9 Å². The maximum absolute atomic E-state index is 12.1. The summed E-state index contributed by atoms with van der Waals surface area (Å²) < 4.78 is 16.2. The Bertz CT molecular complexity index is 1150. The summed E-state index contributed by atoms with van der Waals surface area (Å²) in [7, 11) is 0. The zero-order valence-corrected chi connectivity index (χ0v) is 21.9. The Balaban J connectivity index is 1.66. The number of amides is 3. The zero-order valence-electron chi connectivity index (χ0n) is 21.9. The number of nitrogens with zero attached hydrogens (tertiary/aromatic N) is 1. The summed E-state index contributed by atoms with van der Waals surface area (Å²) in [5, 5.41) is 42.3. The number of aliphatic carboxylic acids is 1. The molecule has 1 aromatic rings. The molecule has 5 N–H and O–H groups in total. The summed E-state index contributed by atoms with van der Waals surface area (Å²) in [5.74, 6) is -3.98. The summed E-state index contributed by atoms with van der Waals surface area (Å²) in [6, 6.07) is 4.87. The van der Waals surface area contributed by atoms with Crippen LogP contribution in [0.3, 0.4) is 0 Å². The summed E-state index contributed by atoms with van der Waals surface area (Å²) in [6.07, 6.45) is -6.04. The minimum absolute atomic E-state index is 0.0772. The number of benzene rings is 1. The normalized spacial score (nSPS) is 24.4. The van der Waals surface area contributed by atoms with E-state index in [1.54, 1.807) is 32.0 Å². The van der Waals surface area contributed by atoms with Crippen LogP contribution in [-0.4, -0.2) is 98.8 Å². The molecule has 218 valence electrons. The van der Waals surface area contributed by atoms with E-state index in [9.17, 15) is 44.4 Å². The lowest BCUT2D eigenvalue weighted by molar-refractivity contribution is -0.271. The quantitative estimate of drug-likeness (QED) is 0.113. The largest absolute Gasteiger partial charge is 0.479 e. The van der Waals surface area contributed by atoms with Gasteiger partial charge in [0.15, 0.2) is 6.10 Å². The number of aliphatic hydroxyl groups excluding tert-OH is 3. The third-order valence-electron chi connectivity index (χ3n) is 6.20. The molecule has 14 heteroatoms. The van der Waals surface area contributed by atoms with E-state index >= 15 is 0 Å². The molecule has 2 aliphatic heterocycles. The Hall–Kier alpha value is -3.85. The van der Waals surface area contributed by atoms with Crippen molar-refractivity contribution in [3.63, 3.8) is 0 Å². The van der Waals surface area contributed by atoms with Gasteiger partial charge in [-0.25, -0.2) is 4.79 Å². The molecule has 3 amide bonds. The number of rotatable bonds is 12. The summed E-state index contributed by atoms with van der Waals surface area (Å²) in [6.45, 7) is 2.94. The van der Waals surface area contributed by atoms with E-state index < -0.39 is 72.8 Å². The van der Waals surface area contributed by atoms with E-state index in [2.05, 4.69) is 5.32 Å². The second-order valence-electron chi connectivity index (χ2n) is 9.61. The van der Waals surface area contributed by atoms with Gasteiger partial charge in [0, 0.05) is 24.3 Å². The minimum atomic E-state index is -1.89. The van der Waals surface area contributed by atoms with Crippen LogP contribution in [-0.2, 0) is 46.5 Å². The van der Waals surface area contributed by atoms with Crippen LogP contribution in [0.15, 0.2) is 30.4 Å². The highest BCUT2D eigenvalue weighted by atomic mass is 16.7. The van der Waals surface area contributed by atoms with Crippen molar-refractivity contribution in [3.05, 3.63) is 41.5 Å². The van der Waals surface area contributed by atoms with Crippen LogP contribution in [0.25, 0.3) is 0 Å². The highest BCUT2D eigenvalue weighted by Crippen LogP contribution is 2.29. The summed E-state index contributed by atoms with van der Waals surface area (Å²) in [4.78, 5) is 59.5. The predicted molar refractivity (Wildman–Crippen MR) is 133 cm³/mol. The Morgan fingerprint density at radius 1 is 1.05 bits per heavy atom. The van der Waals surface area contributed by atoms with E-state index in [0.29, 0.717) is 24.0 Å². The maximum Gasteiger partial charge on any atom is 0.335 e. The lowest BCUT2D eigenvalue weighted by atomic mass is 9.99. The van der Waals surface area contributed by atoms with Crippen LogP contribution < -0.4 is 10.1 Å². The lowest BCUT2D eigenvalue weighted by Crippen LogP contribution is -2.61. The fraction of sp³-hybridized carbons (Fsp3) is 0.500. The Kier molecular flexibility index (Phi) is 10.3. The average molecular weight is 565 g/mol. The van der Waals surface area contributed by atoms with Gasteiger partial charge in [0.2, 0.25) is 12.2 Å². The molecule has 0 bridgehead atoms. The first kappa shape index (κ1) is 30.7. The Morgan fingerprint density at radius 2 is 1.73 bits per heavy atom. The van der Waals surface area contributed by atoms with Crippen LogP contribution in [0, 0.1) is 5.92 Å². The number of carboxylic acids is 1. The van der Waals surface area contributed by atoms with Gasteiger partial charge in [0.1, 0.15) is 37.2 Å². The number of imide groups is 1. The molecule has 0 aromatic heterocycles. The summed E-state index contributed by atoms with van der Waals surface area (Å²) >= 11 is 0. The number of carbonyl (C=O) groups excluding carboxylic acids is 4. The SMILES string of the molecule is CC(C)C(=O)OCc1ccc(CCCNC(=O)CN2C(=O)C=CC2=O)cc1OC1O[C@H](C(=O)O)[C@@H](O)[C@H](O)[C@H]1O. The molecule has 40 heavy (non-hydrogen) atoms. The number of hydrogen-bond donors (Lipinski definition) is 5. The number of carbonyl (C=O) groups is 5. The topological polar surface area (TPSA) is 209 Å². The Morgan fingerprint density at radius 3 is 2.35 bits per heavy atom. The number of aliphatic hydroxyl groups is 3. The van der Waals surface area contributed by atoms with Crippen LogP contribution in [0.5, 0.6) is 5.75 Å². The first-order valence-electron chi connectivity index (χ1n) is 12.6. The number of carboxylic acid groups (broad SMARTS) is 1. The van der Waals surface area contributed by atoms with Crippen LogP contribution in [0.1, 0.15) is 31.4 Å².